The molecule has 6 nitrogen and oxygen atoms in total. The van der Waals surface area contributed by atoms with Gasteiger partial charge in [0.15, 0.2) is 11.5 Å². The predicted octanol–water partition coefficient (Wildman–Crippen LogP) is 1.83. The fourth-order valence-corrected chi connectivity index (χ4v) is 2.48. The van der Waals surface area contributed by atoms with Crippen LogP contribution in [0.1, 0.15) is 12.8 Å². The van der Waals surface area contributed by atoms with E-state index in [1.54, 1.807) is 17.0 Å². The fourth-order valence-electron chi connectivity index (χ4n) is 2.48. The first-order valence-corrected chi connectivity index (χ1v) is 6.87. The number of methoxy groups -OCH3 is 3. The van der Waals surface area contributed by atoms with Crippen molar-refractivity contribution in [3.63, 3.8) is 0 Å². The van der Waals surface area contributed by atoms with Crippen LogP contribution < -0.4 is 19.8 Å². The number of benzene rings is 1. The Hall–Kier alpha value is -2.24. The molecule has 1 saturated carbocycles. The summed E-state index contributed by atoms with van der Waals surface area (Å²) in [6.45, 7) is 0.721. The molecular weight excluding hydrogens is 272 g/mol. The Morgan fingerprint density at radius 3 is 2.48 bits per heavy atom. The summed E-state index contributed by atoms with van der Waals surface area (Å²) < 4.78 is 17.6. The van der Waals surface area contributed by atoms with Gasteiger partial charge in [-0.1, -0.05) is 0 Å². The zero-order valence-corrected chi connectivity index (χ0v) is 12.4. The van der Waals surface area contributed by atoms with Crippen molar-refractivity contribution in [3.8, 4) is 17.2 Å². The molecule has 0 spiro atoms. The zero-order chi connectivity index (χ0) is 15.0. The van der Waals surface area contributed by atoms with Gasteiger partial charge in [-0.15, -0.1) is 0 Å². The molecule has 1 aliphatic rings. The lowest BCUT2D eigenvalue weighted by molar-refractivity contribution is 0.326. The summed E-state index contributed by atoms with van der Waals surface area (Å²) in [5.74, 6) is 1.93. The normalized spacial score (nSPS) is 14.2. The molecule has 0 unspecified atom stereocenters. The van der Waals surface area contributed by atoms with E-state index in [4.69, 9.17) is 14.2 Å². The number of rotatable bonds is 5. The molecule has 0 atom stereocenters. The lowest BCUT2D eigenvalue weighted by Crippen LogP contribution is -2.21. The maximum Gasteiger partial charge on any atom is 0.261 e. The van der Waals surface area contributed by atoms with E-state index in [0.29, 0.717) is 34.1 Å². The average molecular weight is 290 g/mol. The van der Waals surface area contributed by atoms with Crippen LogP contribution in [-0.4, -0.2) is 30.9 Å². The van der Waals surface area contributed by atoms with E-state index < -0.39 is 0 Å². The Labute approximate surface area is 122 Å². The van der Waals surface area contributed by atoms with E-state index in [1.165, 1.54) is 34.2 Å². The van der Waals surface area contributed by atoms with Crippen LogP contribution in [0, 0.1) is 5.92 Å². The molecule has 1 aliphatic carbocycles. The molecule has 0 N–H and O–H groups in total. The number of fused-ring (bicyclic) bond motifs is 1. The van der Waals surface area contributed by atoms with Gasteiger partial charge in [-0.05, 0) is 24.8 Å². The summed E-state index contributed by atoms with van der Waals surface area (Å²) >= 11 is 0. The molecule has 1 heterocycles. The molecule has 0 amide bonds. The first-order valence-electron chi connectivity index (χ1n) is 6.87. The van der Waals surface area contributed by atoms with E-state index in [0.717, 1.165) is 6.54 Å². The number of hydrogen-bond donors (Lipinski definition) is 0. The highest BCUT2D eigenvalue weighted by Crippen LogP contribution is 2.41. The standard InChI is InChI=1S/C15H18N2O4/c1-19-11-6-10-12(14(21-3)13(11)20-2)16-8-17(15(10)18)7-9-4-5-9/h6,8-9H,4-5,7H2,1-3H3. The van der Waals surface area contributed by atoms with Gasteiger partial charge in [-0.3, -0.25) is 9.36 Å². The van der Waals surface area contributed by atoms with Gasteiger partial charge in [0, 0.05) is 6.54 Å². The Bertz CT molecular complexity index is 735. The molecule has 2 aromatic rings. The summed E-state index contributed by atoms with van der Waals surface area (Å²) in [5, 5.41) is 0.479. The van der Waals surface area contributed by atoms with Gasteiger partial charge in [0.25, 0.3) is 5.56 Å². The molecule has 0 radical (unpaired) electrons. The topological polar surface area (TPSA) is 62.6 Å². The average Bonchev–Trinajstić information content (AvgIpc) is 3.32. The first kappa shape index (κ1) is 13.7. The third-order valence-corrected chi connectivity index (χ3v) is 3.77. The van der Waals surface area contributed by atoms with Gasteiger partial charge in [0.05, 0.1) is 33.0 Å². The van der Waals surface area contributed by atoms with Crippen LogP contribution in [0.5, 0.6) is 17.2 Å². The Morgan fingerprint density at radius 1 is 1.19 bits per heavy atom. The summed E-state index contributed by atoms with van der Waals surface area (Å²) in [6, 6.07) is 1.66. The monoisotopic (exact) mass is 290 g/mol. The number of aromatic nitrogens is 2. The van der Waals surface area contributed by atoms with Crippen LogP contribution in [-0.2, 0) is 6.54 Å². The summed E-state index contributed by atoms with van der Waals surface area (Å²) in [4.78, 5) is 17.0. The largest absolute Gasteiger partial charge is 0.493 e. The second-order valence-corrected chi connectivity index (χ2v) is 5.19. The van der Waals surface area contributed by atoms with Crippen LogP contribution in [0.4, 0.5) is 0 Å². The van der Waals surface area contributed by atoms with Gasteiger partial charge < -0.3 is 14.2 Å². The van der Waals surface area contributed by atoms with Gasteiger partial charge in [-0.25, -0.2) is 4.98 Å². The van der Waals surface area contributed by atoms with E-state index in [2.05, 4.69) is 4.98 Å². The highest BCUT2D eigenvalue weighted by Gasteiger charge is 2.24. The second-order valence-electron chi connectivity index (χ2n) is 5.19. The van der Waals surface area contributed by atoms with Crippen LogP contribution >= 0.6 is 0 Å². The van der Waals surface area contributed by atoms with Crippen molar-refractivity contribution in [1.29, 1.82) is 0 Å². The van der Waals surface area contributed by atoms with Crippen molar-refractivity contribution >= 4 is 10.9 Å². The van der Waals surface area contributed by atoms with Crippen molar-refractivity contribution in [2.45, 2.75) is 19.4 Å². The molecule has 0 bridgehead atoms. The van der Waals surface area contributed by atoms with Gasteiger partial charge in [0.2, 0.25) is 5.75 Å². The fraction of sp³-hybridized carbons (Fsp3) is 0.467. The molecule has 112 valence electrons. The van der Waals surface area contributed by atoms with Crippen LogP contribution in [0.3, 0.4) is 0 Å². The minimum absolute atomic E-state index is 0.0776. The third kappa shape index (κ3) is 2.30. The SMILES string of the molecule is COc1cc2c(=O)n(CC3CC3)cnc2c(OC)c1OC. The van der Waals surface area contributed by atoms with E-state index in [-0.39, 0.29) is 5.56 Å². The van der Waals surface area contributed by atoms with Gasteiger partial charge in [-0.2, -0.15) is 0 Å². The molecule has 1 fully saturated rings. The number of nitrogens with zero attached hydrogens (tertiary/aromatic N) is 2. The van der Waals surface area contributed by atoms with Crippen LogP contribution in [0.25, 0.3) is 10.9 Å². The van der Waals surface area contributed by atoms with Crippen molar-refractivity contribution in [1.82, 2.24) is 9.55 Å². The third-order valence-electron chi connectivity index (χ3n) is 3.77. The Morgan fingerprint density at radius 2 is 1.90 bits per heavy atom. The lowest BCUT2D eigenvalue weighted by Gasteiger charge is -2.14. The molecule has 0 saturated heterocycles. The zero-order valence-electron chi connectivity index (χ0n) is 12.4. The van der Waals surface area contributed by atoms with E-state index in [1.807, 2.05) is 0 Å². The second kappa shape index (κ2) is 5.27. The molecule has 3 rings (SSSR count). The minimum Gasteiger partial charge on any atom is -0.493 e. The van der Waals surface area contributed by atoms with Crippen molar-refractivity contribution in [2.75, 3.05) is 21.3 Å². The summed E-state index contributed by atoms with van der Waals surface area (Å²) in [5.41, 5.74) is 0.415. The van der Waals surface area contributed by atoms with E-state index in [9.17, 15) is 4.79 Å². The lowest BCUT2D eigenvalue weighted by atomic mass is 10.2. The smallest absolute Gasteiger partial charge is 0.261 e. The Kier molecular flexibility index (Phi) is 3.45. The molecule has 1 aromatic heterocycles. The highest BCUT2D eigenvalue weighted by atomic mass is 16.5. The number of hydrogen-bond acceptors (Lipinski definition) is 5. The Balaban J connectivity index is 2.25. The summed E-state index contributed by atoms with van der Waals surface area (Å²) in [6.07, 6.45) is 3.94. The van der Waals surface area contributed by atoms with E-state index >= 15 is 0 Å². The molecule has 21 heavy (non-hydrogen) atoms. The maximum atomic E-state index is 12.6. The maximum absolute atomic E-state index is 12.6. The molecule has 1 aromatic carbocycles. The molecule has 0 aliphatic heterocycles. The van der Waals surface area contributed by atoms with Crippen molar-refractivity contribution in [3.05, 3.63) is 22.7 Å². The first-order chi connectivity index (χ1) is 10.2. The van der Waals surface area contributed by atoms with Crippen molar-refractivity contribution < 1.29 is 14.2 Å². The number of ether oxygens (including phenoxy) is 3. The van der Waals surface area contributed by atoms with Crippen LogP contribution in [0.2, 0.25) is 0 Å². The summed E-state index contributed by atoms with van der Waals surface area (Å²) in [7, 11) is 4.58. The quantitative estimate of drug-likeness (QED) is 0.840. The predicted molar refractivity (Wildman–Crippen MR) is 78.4 cm³/mol. The molecular formula is C15H18N2O4. The van der Waals surface area contributed by atoms with Gasteiger partial charge in [0.1, 0.15) is 5.52 Å². The molecule has 6 heteroatoms. The van der Waals surface area contributed by atoms with Crippen molar-refractivity contribution in [2.24, 2.45) is 5.92 Å². The van der Waals surface area contributed by atoms with Crippen LogP contribution in [0.15, 0.2) is 17.2 Å². The minimum atomic E-state index is -0.0776. The highest BCUT2D eigenvalue weighted by molar-refractivity contribution is 5.89. The van der Waals surface area contributed by atoms with Gasteiger partial charge >= 0.3 is 0 Å².